The molecule has 0 N–H and O–H groups in total. The van der Waals surface area contributed by atoms with Gasteiger partial charge in [-0.3, -0.25) is 4.98 Å². The topological polar surface area (TPSA) is 104 Å². The number of piperazine rings is 1. The van der Waals surface area contributed by atoms with Crippen molar-refractivity contribution < 1.29 is 9.13 Å². The maximum atomic E-state index is 13.0. The van der Waals surface area contributed by atoms with Gasteiger partial charge in [0.15, 0.2) is 11.6 Å². The molecule has 0 bridgehead atoms. The van der Waals surface area contributed by atoms with Gasteiger partial charge in [-0.15, -0.1) is 0 Å². The van der Waals surface area contributed by atoms with Gasteiger partial charge in [0.25, 0.3) is 0 Å². The highest BCUT2D eigenvalue weighted by atomic mass is 19.1. The summed E-state index contributed by atoms with van der Waals surface area (Å²) in [4.78, 5) is 24.8. The van der Waals surface area contributed by atoms with Gasteiger partial charge < -0.3 is 14.5 Å². The van der Waals surface area contributed by atoms with Crippen molar-refractivity contribution >= 4 is 11.9 Å². The summed E-state index contributed by atoms with van der Waals surface area (Å²) >= 11 is 0. The maximum absolute atomic E-state index is 13.0. The van der Waals surface area contributed by atoms with Crippen LogP contribution in [0.1, 0.15) is 11.1 Å². The van der Waals surface area contributed by atoms with Crippen LogP contribution in [0.4, 0.5) is 16.3 Å². The number of halogens is 1. The molecule has 0 saturated carbocycles. The lowest BCUT2D eigenvalue weighted by Crippen LogP contribution is -2.47. The van der Waals surface area contributed by atoms with Crippen molar-refractivity contribution in [1.29, 1.82) is 5.26 Å². The van der Waals surface area contributed by atoms with Crippen molar-refractivity contribution in [2.24, 2.45) is 0 Å². The summed E-state index contributed by atoms with van der Waals surface area (Å²) < 4.78 is 18.6. The van der Waals surface area contributed by atoms with Crippen molar-refractivity contribution in [3.8, 4) is 11.8 Å². The van der Waals surface area contributed by atoms with E-state index < -0.39 is 5.82 Å². The zero-order valence-corrected chi connectivity index (χ0v) is 15.4. The molecule has 3 aromatic rings. The van der Waals surface area contributed by atoms with E-state index in [2.05, 4.69) is 35.9 Å². The predicted molar refractivity (Wildman–Crippen MR) is 102 cm³/mol. The van der Waals surface area contributed by atoms with Gasteiger partial charge >= 0.3 is 0 Å². The Hall–Kier alpha value is -3.87. The molecule has 1 aliphatic heterocycles. The van der Waals surface area contributed by atoms with Crippen LogP contribution in [0.5, 0.6) is 5.75 Å². The minimum absolute atomic E-state index is 0.241. The molecule has 1 aliphatic rings. The van der Waals surface area contributed by atoms with E-state index in [1.54, 1.807) is 24.7 Å². The summed E-state index contributed by atoms with van der Waals surface area (Å²) in [5, 5.41) is 9.10. The Morgan fingerprint density at radius 3 is 2.10 bits per heavy atom. The molecule has 0 atom stereocenters. The number of hydrogen-bond acceptors (Lipinski definition) is 9. The fourth-order valence-corrected chi connectivity index (χ4v) is 2.93. The second-order valence-electron chi connectivity index (χ2n) is 6.33. The Morgan fingerprint density at radius 2 is 1.52 bits per heavy atom. The van der Waals surface area contributed by atoms with Gasteiger partial charge in [0.05, 0.1) is 30.4 Å². The van der Waals surface area contributed by atoms with Gasteiger partial charge in [0.2, 0.25) is 11.9 Å². The van der Waals surface area contributed by atoms with E-state index in [9.17, 15) is 4.39 Å². The molecule has 1 saturated heterocycles. The summed E-state index contributed by atoms with van der Waals surface area (Å²) in [5.74, 6) is 1.20. The van der Waals surface area contributed by atoms with E-state index in [1.807, 2.05) is 4.90 Å². The number of pyridine rings is 1. The largest absolute Gasteiger partial charge is 0.486 e. The van der Waals surface area contributed by atoms with Gasteiger partial charge in [0.1, 0.15) is 12.7 Å². The average molecular weight is 392 g/mol. The zero-order valence-electron chi connectivity index (χ0n) is 15.4. The lowest BCUT2D eigenvalue weighted by Gasteiger charge is -2.34. The molecule has 0 amide bonds. The number of ether oxygens (including phenoxy) is 1. The highest BCUT2D eigenvalue weighted by Crippen LogP contribution is 2.17. The molecular weight excluding hydrogens is 375 g/mol. The lowest BCUT2D eigenvalue weighted by atomic mass is 10.2. The fraction of sp³-hybridized carbons (Fsp3) is 0.263. The van der Waals surface area contributed by atoms with Gasteiger partial charge in [-0.1, -0.05) is 0 Å². The average Bonchev–Trinajstić information content (AvgIpc) is 2.79. The van der Waals surface area contributed by atoms with Crippen LogP contribution in [0.25, 0.3) is 0 Å². The minimum atomic E-state index is -0.448. The molecule has 0 unspecified atom stereocenters. The first-order chi connectivity index (χ1) is 14.2. The number of nitriles is 1. The molecule has 146 valence electrons. The first-order valence-electron chi connectivity index (χ1n) is 8.98. The second kappa shape index (κ2) is 8.43. The molecule has 0 spiro atoms. The van der Waals surface area contributed by atoms with Gasteiger partial charge in [-0.2, -0.15) is 5.26 Å². The SMILES string of the molecule is N#Cc1cnccc1COc1cnc(N2CCN(c3ncc(F)cn3)CC2)nc1. The number of nitrogens with zero attached hydrogens (tertiary/aromatic N) is 8. The van der Waals surface area contributed by atoms with Gasteiger partial charge in [0, 0.05) is 44.1 Å². The molecule has 9 nitrogen and oxygen atoms in total. The Kier molecular flexibility index (Phi) is 5.38. The highest BCUT2D eigenvalue weighted by Gasteiger charge is 2.20. The third-order valence-electron chi connectivity index (χ3n) is 4.49. The highest BCUT2D eigenvalue weighted by molar-refractivity contribution is 5.38. The van der Waals surface area contributed by atoms with Crippen molar-refractivity contribution in [2.45, 2.75) is 6.61 Å². The smallest absolute Gasteiger partial charge is 0.225 e. The van der Waals surface area contributed by atoms with Crippen molar-refractivity contribution in [3.05, 3.63) is 60.2 Å². The van der Waals surface area contributed by atoms with Gasteiger partial charge in [-0.25, -0.2) is 24.3 Å². The van der Waals surface area contributed by atoms with Crippen LogP contribution in [0.15, 0.2) is 43.2 Å². The maximum Gasteiger partial charge on any atom is 0.225 e. The molecule has 4 heterocycles. The van der Waals surface area contributed by atoms with Gasteiger partial charge in [-0.05, 0) is 6.07 Å². The normalized spacial score (nSPS) is 13.8. The van der Waals surface area contributed by atoms with Crippen LogP contribution in [-0.4, -0.2) is 51.1 Å². The monoisotopic (exact) mass is 392 g/mol. The third kappa shape index (κ3) is 4.35. The molecule has 1 fully saturated rings. The van der Waals surface area contributed by atoms with Crippen LogP contribution < -0.4 is 14.5 Å². The summed E-state index contributed by atoms with van der Waals surface area (Å²) in [6.07, 6.45) is 8.70. The van der Waals surface area contributed by atoms with Crippen molar-refractivity contribution in [2.75, 3.05) is 36.0 Å². The van der Waals surface area contributed by atoms with Crippen LogP contribution in [0, 0.1) is 17.1 Å². The van der Waals surface area contributed by atoms with Crippen LogP contribution in [0.2, 0.25) is 0 Å². The molecule has 0 aliphatic carbocycles. The van der Waals surface area contributed by atoms with E-state index in [0.29, 0.717) is 49.4 Å². The Balaban J connectivity index is 1.33. The van der Waals surface area contributed by atoms with E-state index in [0.717, 1.165) is 5.56 Å². The number of aromatic nitrogens is 5. The quantitative estimate of drug-likeness (QED) is 0.640. The fourth-order valence-electron chi connectivity index (χ4n) is 2.93. The second-order valence-corrected chi connectivity index (χ2v) is 6.33. The molecular formula is C19H17FN8O. The zero-order chi connectivity index (χ0) is 20.1. The predicted octanol–water partition coefficient (Wildman–Crippen LogP) is 1.58. The standard InChI is InChI=1S/C19H17FN8O/c20-16-9-23-18(24-10-16)27-3-5-28(6-4-27)19-25-11-17(12-26-19)29-13-14-1-2-22-8-15(14)7-21/h1-2,8-12H,3-6,13H2. The summed E-state index contributed by atoms with van der Waals surface area (Å²) in [5.41, 5.74) is 1.23. The molecule has 10 heteroatoms. The number of anilines is 2. The Morgan fingerprint density at radius 1 is 0.931 bits per heavy atom. The summed E-state index contributed by atoms with van der Waals surface area (Å²) in [7, 11) is 0. The first-order valence-corrected chi connectivity index (χ1v) is 8.98. The van der Waals surface area contributed by atoms with Crippen molar-refractivity contribution in [3.63, 3.8) is 0 Å². The molecule has 29 heavy (non-hydrogen) atoms. The number of hydrogen-bond donors (Lipinski definition) is 0. The molecule has 3 aromatic heterocycles. The van der Waals surface area contributed by atoms with E-state index >= 15 is 0 Å². The summed E-state index contributed by atoms with van der Waals surface area (Å²) in [6.45, 7) is 3.01. The van der Waals surface area contributed by atoms with Crippen LogP contribution >= 0.6 is 0 Å². The molecule has 0 radical (unpaired) electrons. The minimum Gasteiger partial charge on any atom is -0.486 e. The first kappa shape index (κ1) is 18.5. The summed E-state index contributed by atoms with van der Waals surface area (Å²) in [6, 6.07) is 3.84. The van der Waals surface area contributed by atoms with E-state index in [1.165, 1.54) is 18.6 Å². The van der Waals surface area contributed by atoms with Crippen LogP contribution in [0.3, 0.4) is 0 Å². The van der Waals surface area contributed by atoms with E-state index in [-0.39, 0.29) is 6.61 Å². The third-order valence-corrected chi connectivity index (χ3v) is 4.49. The lowest BCUT2D eigenvalue weighted by molar-refractivity contribution is 0.303. The van der Waals surface area contributed by atoms with Crippen LogP contribution in [-0.2, 0) is 6.61 Å². The molecule has 4 rings (SSSR count). The number of rotatable bonds is 5. The Labute approximate surface area is 166 Å². The van der Waals surface area contributed by atoms with Crippen molar-refractivity contribution in [1.82, 2.24) is 24.9 Å². The van der Waals surface area contributed by atoms with E-state index in [4.69, 9.17) is 10.00 Å². The molecule has 0 aromatic carbocycles. The Bertz CT molecular complexity index is 998.